The summed E-state index contributed by atoms with van der Waals surface area (Å²) in [6.45, 7) is 0.723. The van der Waals surface area contributed by atoms with Crippen molar-refractivity contribution in [2.75, 3.05) is 6.54 Å². The number of nitrogens with one attached hydrogen (secondary N) is 1. The zero-order chi connectivity index (χ0) is 16.9. The number of benzene rings is 1. The Morgan fingerprint density at radius 1 is 1.21 bits per heavy atom. The first-order valence-electron chi connectivity index (χ1n) is 8.38. The van der Waals surface area contributed by atoms with Crippen LogP contribution in [0.4, 0.5) is 0 Å². The summed E-state index contributed by atoms with van der Waals surface area (Å²) in [5, 5.41) is 0.741. The van der Waals surface area contributed by atoms with Gasteiger partial charge in [0.05, 0.1) is 0 Å². The van der Waals surface area contributed by atoms with Gasteiger partial charge in [0, 0.05) is 35.4 Å². The molecule has 4 nitrogen and oxygen atoms in total. The number of H-pyrrole nitrogens is 1. The Labute approximate surface area is 146 Å². The molecule has 1 amide bonds. The minimum absolute atomic E-state index is 0.0694. The predicted octanol–water partition coefficient (Wildman–Crippen LogP) is 3.66. The van der Waals surface area contributed by atoms with E-state index in [1.165, 1.54) is 12.3 Å². The Hall–Kier alpha value is -2.07. The summed E-state index contributed by atoms with van der Waals surface area (Å²) in [4.78, 5) is 28.9. The molecular weight excluding hydrogens is 324 g/mol. The average molecular weight is 345 g/mol. The van der Waals surface area contributed by atoms with Crippen LogP contribution in [-0.4, -0.2) is 28.4 Å². The highest BCUT2D eigenvalue weighted by Gasteiger charge is 2.27. The fraction of sp³-hybridized carbons (Fsp3) is 0.368. The third-order valence-electron chi connectivity index (χ3n) is 4.57. The molecule has 1 aromatic carbocycles. The van der Waals surface area contributed by atoms with Crippen LogP contribution in [0.3, 0.4) is 0 Å². The van der Waals surface area contributed by atoms with Crippen LogP contribution in [0.5, 0.6) is 0 Å². The number of aromatic nitrogens is 1. The monoisotopic (exact) mass is 344 g/mol. The lowest BCUT2D eigenvalue weighted by Crippen LogP contribution is -2.41. The molecule has 1 unspecified atom stereocenters. The third-order valence-corrected chi connectivity index (χ3v) is 4.94. The summed E-state index contributed by atoms with van der Waals surface area (Å²) in [5.74, 6) is -0.0694. The fourth-order valence-corrected chi connectivity index (χ4v) is 3.53. The Kier molecular flexibility index (Phi) is 5.36. The van der Waals surface area contributed by atoms with Crippen molar-refractivity contribution in [1.82, 2.24) is 9.88 Å². The lowest BCUT2D eigenvalue weighted by atomic mass is 10.00. The number of carbonyl (C=O) groups excluding carboxylic acids is 1. The van der Waals surface area contributed by atoms with Gasteiger partial charge in [-0.1, -0.05) is 42.6 Å². The van der Waals surface area contributed by atoms with E-state index in [2.05, 4.69) is 4.98 Å². The summed E-state index contributed by atoms with van der Waals surface area (Å²) in [5.41, 5.74) is 1.26. The summed E-state index contributed by atoms with van der Waals surface area (Å²) in [7, 11) is 0. The largest absolute Gasteiger partial charge is 0.335 e. The van der Waals surface area contributed by atoms with Crippen molar-refractivity contribution in [3.8, 4) is 0 Å². The minimum atomic E-state index is -0.252. The number of likely N-dealkylation sites (tertiary alicyclic amines) is 1. The molecule has 0 saturated carbocycles. The molecule has 1 atom stereocenters. The number of pyridine rings is 1. The molecule has 1 saturated heterocycles. The number of hydrogen-bond donors (Lipinski definition) is 1. The van der Waals surface area contributed by atoms with Gasteiger partial charge in [-0.25, -0.2) is 0 Å². The maximum absolute atomic E-state index is 12.9. The van der Waals surface area contributed by atoms with Crippen molar-refractivity contribution in [2.24, 2.45) is 0 Å². The summed E-state index contributed by atoms with van der Waals surface area (Å²) < 4.78 is 0. The molecular formula is C19H21ClN2O2. The average Bonchev–Trinajstić information content (AvgIpc) is 2.82. The molecule has 0 radical (unpaired) electrons. The topological polar surface area (TPSA) is 53.2 Å². The SMILES string of the molecule is O=C(c1cc[nH]c(=O)c1)N1CCCCCC1Cc1ccccc1Cl. The van der Waals surface area contributed by atoms with Crippen LogP contribution >= 0.6 is 11.6 Å². The maximum Gasteiger partial charge on any atom is 0.254 e. The third kappa shape index (κ3) is 3.88. The van der Waals surface area contributed by atoms with Crippen LogP contribution in [0.15, 0.2) is 47.4 Å². The summed E-state index contributed by atoms with van der Waals surface area (Å²) in [6.07, 6.45) is 6.45. The molecule has 1 aliphatic heterocycles. The molecule has 1 fully saturated rings. The lowest BCUT2D eigenvalue weighted by Gasteiger charge is -2.30. The first kappa shape index (κ1) is 16.8. The van der Waals surface area contributed by atoms with Gasteiger partial charge in [0.25, 0.3) is 5.91 Å². The van der Waals surface area contributed by atoms with E-state index in [-0.39, 0.29) is 17.5 Å². The molecule has 2 aromatic rings. The Balaban J connectivity index is 1.86. The van der Waals surface area contributed by atoms with Crippen molar-refractivity contribution >= 4 is 17.5 Å². The molecule has 126 valence electrons. The zero-order valence-electron chi connectivity index (χ0n) is 13.5. The van der Waals surface area contributed by atoms with Crippen LogP contribution in [-0.2, 0) is 6.42 Å². The van der Waals surface area contributed by atoms with Gasteiger partial charge in [-0.15, -0.1) is 0 Å². The maximum atomic E-state index is 12.9. The normalized spacial score (nSPS) is 18.2. The van der Waals surface area contributed by atoms with Crippen LogP contribution in [0.2, 0.25) is 5.02 Å². The van der Waals surface area contributed by atoms with Crippen LogP contribution in [0.25, 0.3) is 0 Å². The van der Waals surface area contributed by atoms with Gasteiger partial charge in [-0.3, -0.25) is 9.59 Å². The highest BCUT2D eigenvalue weighted by atomic mass is 35.5. The molecule has 24 heavy (non-hydrogen) atoms. The summed E-state index contributed by atoms with van der Waals surface area (Å²) in [6, 6.07) is 10.9. The van der Waals surface area contributed by atoms with Crippen molar-refractivity contribution in [3.63, 3.8) is 0 Å². The molecule has 1 aliphatic rings. The highest BCUT2D eigenvalue weighted by molar-refractivity contribution is 6.31. The van der Waals surface area contributed by atoms with E-state index in [0.29, 0.717) is 5.56 Å². The zero-order valence-corrected chi connectivity index (χ0v) is 14.3. The minimum Gasteiger partial charge on any atom is -0.335 e. The number of rotatable bonds is 3. The van der Waals surface area contributed by atoms with Gasteiger partial charge >= 0.3 is 0 Å². The van der Waals surface area contributed by atoms with Crippen LogP contribution in [0.1, 0.15) is 41.6 Å². The quantitative estimate of drug-likeness (QED) is 0.923. The Bertz CT molecular complexity index is 772. The Morgan fingerprint density at radius 3 is 2.83 bits per heavy atom. The van der Waals surface area contributed by atoms with Gasteiger partial charge in [0.15, 0.2) is 0 Å². The van der Waals surface area contributed by atoms with Crippen molar-refractivity contribution in [3.05, 3.63) is 69.1 Å². The Morgan fingerprint density at radius 2 is 2.04 bits per heavy atom. The molecule has 2 heterocycles. The molecule has 0 bridgehead atoms. The van der Waals surface area contributed by atoms with E-state index in [1.807, 2.05) is 29.2 Å². The molecule has 1 N–H and O–H groups in total. The van der Waals surface area contributed by atoms with E-state index < -0.39 is 0 Å². The summed E-state index contributed by atoms with van der Waals surface area (Å²) >= 11 is 6.30. The van der Waals surface area contributed by atoms with Crippen LogP contribution < -0.4 is 5.56 Å². The van der Waals surface area contributed by atoms with Crippen LogP contribution in [0, 0.1) is 0 Å². The first-order valence-corrected chi connectivity index (χ1v) is 8.76. The number of aromatic amines is 1. The van der Waals surface area contributed by atoms with E-state index >= 15 is 0 Å². The number of carbonyl (C=O) groups is 1. The standard InChI is InChI=1S/C19H21ClN2O2/c20-17-8-4-3-6-14(17)12-16-7-2-1-5-11-22(16)19(24)15-9-10-21-18(23)13-15/h3-4,6,8-10,13,16H,1-2,5,7,11-12H2,(H,21,23). The molecule has 3 rings (SSSR count). The van der Waals surface area contributed by atoms with Gasteiger partial charge in [0.1, 0.15) is 0 Å². The molecule has 0 spiro atoms. The smallest absolute Gasteiger partial charge is 0.254 e. The number of nitrogens with zero attached hydrogens (tertiary/aromatic N) is 1. The number of amides is 1. The first-order chi connectivity index (χ1) is 11.6. The van der Waals surface area contributed by atoms with Gasteiger partial charge in [-0.05, 0) is 37.0 Å². The number of halogens is 1. The highest BCUT2D eigenvalue weighted by Crippen LogP contribution is 2.25. The number of hydrogen-bond acceptors (Lipinski definition) is 2. The predicted molar refractivity (Wildman–Crippen MR) is 95.5 cm³/mol. The van der Waals surface area contributed by atoms with E-state index in [9.17, 15) is 9.59 Å². The van der Waals surface area contributed by atoms with E-state index in [0.717, 1.165) is 49.2 Å². The van der Waals surface area contributed by atoms with Gasteiger partial charge < -0.3 is 9.88 Å². The molecule has 1 aromatic heterocycles. The second-order valence-corrected chi connectivity index (χ2v) is 6.65. The molecule has 5 heteroatoms. The van der Waals surface area contributed by atoms with Gasteiger partial charge in [-0.2, -0.15) is 0 Å². The van der Waals surface area contributed by atoms with Crippen molar-refractivity contribution in [2.45, 2.75) is 38.1 Å². The second-order valence-electron chi connectivity index (χ2n) is 6.24. The van der Waals surface area contributed by atoms with E-state index in [4.69, 9.17) is 11.6 Å². The second kappa shape index (κ2) is 7.67. The lowest BCUT2D eigenvalue weighted by molar-refractivity contribution is 0.0682. The van der Waals surface area contributed by atoms with Crippen molar-refractivity contribution < 1.29 is 4.79 Å². The van der Waals surface area contributed by atoms with E-state index in [1.54, 1.807) is 6.07 Å². The molecule has 0 aliphatic carbocycles. The van der Waals surface area contributed by atoms with Gasteiger partial charge in [0.2, 0.25) is 5.56 Å². The fourth-order valence-electron chi connectivity index (χ4n) is 3.32. The van der Waals surface area contributed by atoms with Crippen molar-refractivity contribution in [1.29, 1.82) is 0 Å².